The van der Waals surface area contributed by atoms with E-state index in [1.165, 1.54) is 30.3 Å². The van der Waals surface area contributed by atoms with E-state index in [1.54, 1.807) is 11.9 Å². The molecule has 0 N–H and O–H groups in total. The zero-order valence-corrected chi connectivity index (χ0v) is 13.9. The van der Waals surface area contributed by atoms with Crippen LogP contribution in [-0.2, 0) is 17.5 Å². The first-order chi connectivity index (χ1) is 12.1. The van der Waals surface area contributed by atoms with Gasteiger partial charge in [-0.1, -0.05) is 12.1 Å². The Balaban J connectivity index is 2.25. The number of benzene rings is 2. The number of esters is 1. The minimum Gasteiger partial charge on any atom is -0.465 e. The Hall–Kier alpha value is -3.10. The minimum absolute atomic E-state index is 0.200. The monoisotopic (exact) mass is 368 g/mol. The summed E-state index contributed by atoms with van der Waals surface area (Å²) in [6.07, 6.45) is -4.40. The molecular formula is C17H15F3N2O4. The number of carbonyl (C=O) groups excluding carboxylic acids is 1. The van der Waals surface area contributed by atoms with Gasteiger partial charge in [0.1, 0.15) is 5.56 Å². The molecule has 0 spiro atoms. The Morgan fingerprint density at radius 3 is 2.31 bits per heavy atom. The summed E-state index contributed by atoms with van der Waals surface area (Å²) in [6.45, 7) is 0.247. The van der Waals surface area contributed by atoms with Crippen molar-refractivity contribution in [3.8, 4) is 0 Å². The highest BCUT2D eigenvalue weighted by Crippen LogP contribution is 2.30. The molecule has 0 unspecified atom stereocenters. The first kappa shape index (κ1) is 19.2. The molecule has 9 heteroatoms. The number of rotatable bonds is 5. The first-order valence-electron chi connectivity index (χ1n) is 7.37. The second kappa shape index (κ2) is 7.42. The minimum atomic E-state index is -4.40. The molecule has 0 aliphatic rings. The van der Waals surface area contributed by atoms with E-state index >= 15 is 0 Å². The summed E-state index contributed by atoms with van der Waals surface area (Å²) in [6, 6.07) is 8.63. The van der Waals surface area contributed by atoms with Crippen LogP contribution >= 0.6 is 0 Å². The van der Waals surface area contributed by atoms with Gasteiger partial charge in [0.2, 0.25) is 0 Å². The Kier molecular flexibility index (Phi) is 5.49. The lowest BCUT2D eigenvalue weighted by Gasteiger charge is -2.20. The number of nitro groups is 1. The average molecular weight is 368 g/mol. The van der Waals surface area contributed by atoms with E-state index in [2.05, 4.69) is 4.74 Å². The average Bonchev–Trinajstić information content (AvgIpc) is 2.60. The number of hydrogen-bond acceptors (Lipinski definition) is 5. The Labute approximate surface area is 146 Å². The molecule has 0 aliphatic carbocycles. The van der Waals surface area contributed by atoms with Crippen LogP contribution in [0.25, 0.3) is 0 Å². The Morgan fingerprint density at radius 1 is 1.19 bits per heavy atom. The van der Waals surface area contributed by atoms with Crippen LogP contribution < -0.4 is 4.90 Å². The van der Waals surface area contributed by atoms with E-state index in [0.717, 1.165) is 19.2 Å². The van der Waals surface area contributed by atoms with Crippen LogP contribution in [0.15, 0.2) is 42.5 Å². The fraction of sp³-hybridized carbons (Fsp3) is 0.235. The van der Waals surface area contributed by atoms with Crippen LogP contribution in [0.4, 0.5) is 24.5 Å². The third-order valence-corrected chi connectivity index (χ3v) is 3.72. The van der Waals surface area contributed by atoms with Crippen molar-refractivity contribution in [2.45, 2.75) is 12.7 Å². The van der Waals surface area contributed by atoms with Gasteiger partial charge in [-0.25, -0.2) is 4.79 Å². The highest BCUT2D eigenvalue weighted by Gasteiger charge is 2.30. The van der Waals surface area contributed by atoms with Crippen molar-refractivity contribution >= 4 is 17.3 Å². The van der Waals surface area contributed by atoms with E-state index in [9.17, 15) is 28.1 Å². The third kappa shape index (κ3) is 4.29. The maximum atomic E-state index is 12.6. The second-order valence-corrected chi connectivity index (χ2v) is 5.50. The predicted octanol–water partition coefficient (Wildman–Crippen LogP) is 4.04. The normalized spacial score (nSPS) is 11.1. The second-order valence-electron chi connectivity index (χ2n) is 5.50. The maximum Gasteiger partial charge on any atom is 0.416 e. The Morgan fingerprint density at radius 2 is 1.81 bits per heavy atom. The van der Waals surface area contributed by atoms with Crippen molar-refractivity contribution in [2.24, 2.45) is 0 Å². The number of methoxy groups -OCH3 is 1. The van der Waals surface area contributed by atoms with Crippen LogP contribution in [-0.4, -0.2) is 25.1 Å². The predicted molar refractivity (Wildman–Crippen MR) is 88.0 cm³/mol. The number of nitro benzene ring substituents is 1. The summed E-state index contributed by atoms with van der Waals surface area (Å²) in [5, 5.41) is 11.0. The van der Waals surface area contributed by atoms with Crippen molar-refractivity contribution in [1.82, 2.24) is 0 Å². The van der Waals surface area contributed by atoms with Gasteiger partial charge in [0.15, 0.2) is 0 Å². The lowest BCUT2D eigenvalue weighted by Crippen LogP contribution is -2.17. The van der Waals surface area contributed by atoms with E-state index in [0.29, 0.717) is 11.3 Å². The molecule has 0 saturated carbocycles. The van der Waals surface area contributed by atoms with Crippen LogP contribution in [0.5, 0.6) is 0 Å². The van der Waals surface area contributed by atoms with Crippen LogP contribution in [0.3, 0.4) is 0 Å². The molecule has 0 amide bonds. The van der Waals surface area contributed by atoms with Gasteiger partial charge in [-0.15, -0.1) is 0 Å². The van der Waals surface area contributed by atoms with Gasteiger partial charge in [-0.2, -0.15) is 13.2 Å². The fourth-order valence-electron chi connectivity index (χ4n) is 2.36. The van der Waals surface area contributed by atoms with Crippen molar-refractivity contribution in [1.29, 1.82) is 0 Å². The number of hydrogen-bond donors (Lipinski definition) is 0. The van der Waals surface area contributed by atoms with Crippen LogP contribution in [0, 0.1) is 10.1 Å². The molecule has 0 fully saturated rings. The summed E-state index contributed by atoms with van der Waals surface area (Å²) in [5.41, 5.74) is -0.237. The van der Waals surface area contributed by atoms with Gasteiger partial charge in [-0.05, 0) is 29.8 Å². The molecule has 0 bridgehead atoms. The zero-order chi connectivity index (χ0) is 19.5. The molecule has 0 atom stereocenters. The smallest absolute Gasteiger partial charge is 0.416 e. The van der Waals surface area contributed by atoms with Gasteiger partial charge < -0.3 is 9.64 Å². The van der Waals surface area contributed by atoms with Crippen LogP contribution in [0.2, 0.25) is 0 Å². The first-order valence-corrected chi connectivity index (χ1v) is 7.37. The molecule has 2 aromatic rings. The molecule has 0 heterocycles. The summed E-state index contributed by atoms with van der Waals surface area (Å²) >= 11 is 0. The molecule has 2 aromatic carbocycles. The summed E-state index contributed by atoms with van der Waals surface area (Å²) in [7, 11) is 2.77. The van der Waals surface area contributed by atoms with Crippen molar-refractivity contribution in [2.75, 3.05) is 19.1 Å². The van der Waals surface area contributed by atoms with Gasteiger partial charge >= 0.3 is 12.1 Å². The molecule has 0 radical (unpaired) electrons. The number of ether oxygens (including phenoxy) is 1. The summed E-state index contributed by atoms with van der Waals surface area (Å²) < 4.78 is 42.3. The molecule has 6 nitrogen and oxygen atoms in total. The molecule has 0 saturated heterocycles. The van der Waals surface area contributed by atoms with E-state index in [1.807, 2.05) is 0 Å². The number of nitrogens with zero attached hydrogens (tertiary/aromatic N) is 2. The SMILES string of the molecule is COC(=O)c1cc(N(C)Cc2ccc(C(F)(F)F)cc2)ccc1[N+](=O)[O-]. The molecule has 138 valence electrons. The fourth-order valence-corrected chi connectivity index (χ4v) is 2.36. The number of halogens is 3. The van der Waals surface area contributed by atoms with Crippen LogP contribution in [0.1, 0.15) is 21.5 Å². The Bertz CT molecular complexity index is 820. The van der Waals surface area contributed by atoms with Crippen molar-refractivity contribution < 1.29 is 27.6 Å². The quantitative estimate of drug-likeness (QED) is 0.452. The lowest BCUT2D eigenvalue weighted by molar-refractivity contribution is -0.385. The highest BCUT2D eigenvalue weighted by atomic mass is 19.4. The number of carbonyl (C=O) groups is 1. The zero-order valence-electron chi connectivity index (χ0n) is 13.9. The topological polar surface area (TPSA) is 72.7 Å². The summed E-state index contributed by atoms with van der Waals surface area (Å²) in [5.74, 6) is -0.846. The van der Waals surface area contributed by atoms with Gasteiger partial charge in [-0.3, -0.25) is 10.1 Å². The van der Waals surface area contributed by atoms with Crippen molar-refractivity contribution in [3.05, 3.63) is 69.3 Å². The molecule has 26 heavy (non-hydrogen) atoms. The highest BCUT2D eigenvalue weighted by molar-refractivity contribution is 5.95. The summed E-state index contributed by atoms with van der Waals surface area (Å²) in [4.78, 5) is 23.7. The molecule has 2 rings (SSSR count). The van der Waals surface area contributed by atoms with Gasteiger partial charge in [0.25, 0.3) is 5.69 Å². The molecule has 0 aromatic heterocycles. The van der Waals surface area contributed by atoms with E-state index < -0.39 is 22.6 Å². The third-order valence-electron chi connectivity index (χ3n) is 3.72. The number of alkyl halides is 3. The maximum absolute atomic E-state index is 12.6. The number of anilines is 1. The van der Waals surface area contributed by atoms with Gasteiger partial charge in [0, 0.05) is 25.3 Å². The van der Waals surface area contributed by atoms with E-state index in [4.69, 9.17) is 0 Å². The van der Waals surface area contributed by atoms with E-state index in [-0.39, 0.29) is 17.8 Å². The van der Waals surface area contributed by atoms with Crippen molar-refractivity contribution in [3.63, 3.8) is 0 Å². The van der Waals surface area contributed by atoms with Gasteiger partial charge in [0.05, 0.1) is 17.6 Å². The molecular weight excluding hydrogens is 353 g/mol. The largest absolute Gasteiger partial charge is 0.465 e. The standard InChI is InChI=1S/C17H15F3N2O4/c1-21(10-11-3-5-12(6-4-11)17(18,19)20)13-7-8-15(22(24)25)14(9-13)16(23)26-2/h3-9H,10H2,1-2H3. The lowest BCUT2D eigenvalue weighted by atomic mass is 10.1. The molecule has 0 aliphatic heterocycles.